The van der Waals surface area contributed by atoms with Crippen LogP contribution >= 0.6 is 24.8 Å². The van der Waals surface area contributed by atoms with Crippen LogP contribution in [0.25, 0.3) is 0 Å². The summed E-state index contributed by atoms with van der Waals surface area (Å²) in [6.45, 7) is 7.15. The highest BCUT2D eigenvalue weighted by atomic mass is 35.5. The lowest BCUT2D eigenvalue weighted by Crippen LogP contribution is -2.47. The average Bonchev–Trinajstić information content (AvgIpc) is 2.86. The van der Waals surface area contributed by atoms with Crippen molar-refractivity contribution in [1.82, 2.24) is 4.90 Å². The van der Waals surface area contributed by atoms with E-state index in [1.165, 1.54) is 28.8 Å². The molecule has 2 aliphatic rings. The van der Waals surface area contributed by atoms with Gasteiger partial charge in [0.05, 0.1) is 13.2 Å². The third kappa shape index (κ3) is 5.55. The van der Waals surface area contributed by atoms with Gasteiger partial charge in [-0.25, -0.2) is 0 Å². The van der Waals surface area contributed by atoms with Crippen LogP contribution in [-0.4, -0.2) is 44.2 Å². The molecule has 33 heavy (non-hydrogen) atoms. The number of ether oxygens (including phenoxy) is 1. The molecule has 1 fully saturated rings. The number of nitrogens with zero attached hydrogens (tertiary/aromatic N) is 2. The predicted octanol–water partition coefficient (Wildman–Crippen LogP) is 5.95. The van der Waals surface area contributed by atoms with Crippen molar-refractivity contribution in [3.63, 3.8) is 0 Å². The maximum absolute atomic E-state index is 6.15. The quantitative estimate of drug-likeness (QED) is 0.429. The number of halogens is 2. The minimum atomic E-state index is -0.0397. The van der Waals surface area contributed by atoms with E-state index in [1.807, 2.05) is 0 Å². The zero-order valence-electron chi connectivity index (χ0n) is 19.1. The molecule has 0 aliphatic carbocycles. The standard InChI is InChI=1S/C28H32N2O.2ClH/c1-3-11-25(12-4-1)28(23-31-22-24-10-7-8-15-27(24)28)16-9-17-29-18-20-30(21-19-29)26-13-5-2-6-14-26;;/h1-8,10-15H,9,16-23H2;2*1H. The Hall–Kier alpha value is -2.04. The summed E-state index contributed by atoms with van der Waals surface area (Å²) < 4.78 is 6.15. The summed E-state index contributed by atoms with van der Waals surface area (Å²) in [5.41, 5.74) is 5.50. The summed E-state index contributed by atoms with van der Waals surface area (Å²) >= 11 is 0. The van der Waals surface area contributed by atoms with Gasteiger partial charge >= 0.3 is 0 Å². The predicted molar refractivity (Wildman–Crippen MR) is 142 cm³/mol. The molecule has 3 nitrogen and oxygen atoms in total. The zero-order valence-corrected chi connectivity index (χ0v) is 20.7. The Morgan fingerprint density at radius 2 is 1.36 bits per heavy atom. The summed E-state index contributed by atoms with van der Waals surface area (Å²) in [6.07, 6.45) is 2.30. The number of fused-ring (bicyclic) bond motifs is 1. The number of benzene rings is 3. The van der Waals surface area contributed by atoms with E-state index in [0.717, 1.165) is 52.4 Å². The number of rotatable bonds is 6. The van der Waals surface area contributed by atoms with Gasteiger partial charge in [0.2, 0.25) is 0 Å². The number of hydrogen-bond donors (Lipinski definition) is 0. The maximum atomic E-state index is 6.15. The van der Waals surface area contributed by atoms with Crippen LogP contribution in [0.15, 0.2) is 84.9 Å². The average molecular weight is 485 g/mol. The van der Waals surface area contributed by atoms with Gasteiger partial charge < -0.3 is 9.64 Å². The van der Waals surface area contributed by atoms with Crippen molar-refractivity contribution < 1.29 is 4.74 Å². The fraction of sp³-hybridized carbons (Fsp3) is 0.357. The number of hydrogen-bond acceptors (Lipinski definition) is 3. The first-order valence-corrected chi connectivity index (χ1v) is 11.6. The second-order valence-electron chi connectivity index (χ2n) is 8.87. The Kier molecular flexibility index (Phi) is 9.22. The van der Waals surface area contributed by atoms with Gasteiger partial charge in [0.15, 0.2) is 0 Å². The van der Waals surface area contributed by atoms with Crippen molar-refractivity contribution >= 4 is 30.5 Å². The molecule has 0 N–H and O–H groups in total. The van der Waals surface area contributed by atoms with Crippen LogP contribution < -0.4 is 4.90 Å². The highest BCUT2D eigenvalue weighted by Crippen LogP contribution is 2.42. The zero-order chi connectivity index (χ0) is 20.9. The fourth-order valence-electron chi connectivity index (χ4n) is 5.35. The van der Waals surface area contributed by atoms with Crippen molar-refractivity contribution in [3.8, 4) is 0 Å². The first-order valence-electron chi connectivity index (χ1n) is 11.6. The van der Waals surface area contributed by atoms with Gasteiger partial charge in [-0.15, -0.1) is 24.8 Å². The van der Waals surface area contributed by atoms with Crippen molar-refractivity contribution in [3.05, 3.63) is 102 Å². The second-order valence-corrected chi connectivity index (χ2v) is 8.87. The molecule has 5 rings (SSSR count). The molecule has 0 saturated carbocycles. The van der Waals surface area contributed by atoms with Gasteiger partial charge in [-0.1, -0.05) is 72.8 Å². The summed E-state index contributed by atoms with van der Waals surface area (Å²) in [4.78, 5) is 5.14. The first-order chi connectivity index (χ1) is 15.4. The molecule has 0 bridgehead atoms. The van der Waals surface area contributed by atoms with E-state index in [-0.39, 0.29) is 30.2 Å². The van der Waals surface area contributed by atoms with Gasteiger partial charge in [0.1, 0.15) is 0 Å². The van der Waals surface area contributed by atoms with E-state index in [0.29, 0.717) is 0 Å². The van der Waals surface area contributed by atoms with Crippen LogP contribution in [-0.2, 0) is 16.8 Å². The Labute approximate surface area is 210 Å². The van der Waals surface area contributed by atoms with E-state index in [4.69, 9.17) is 4.74 Å². The van der Waals surface area contributed by atoms with Crippen LogP contribution in [0.1, 0.15) is 29.5 Å². The van der Waals surface area contributed by atoms with E-state index in [2.05, 4.69) is 94.7 Å². The molecule has 3 aromatic carbocycles. The second kappa shape index (κ2) is 11.9. The molecule has 1 unspecified atom stereocenters. The molecule has 0 radical (unpaired) electrons. The summed E-state index contributed by atoms with van der Waals surface area (Å²) in [5.74, 6) is 0. The molecule has 1 saturated heterocycles. The molecule has 2 aliphatic heterocycles. The molecule has 2 heterocycles. The van der Waals surface area contributed by atoms with Crippen LogP contribution in [0.3, 0.4) is 0 Å². The molecule has 176 valence electrons. The third-order valence-electron chi connectivity index (χ3n) is 7.04. The number of anilines is 1. The van der Waals surface area contributed by atoms with Crippen molar-refractivity contribution in [2.24, 2.45) is 0 Å². The van der Waals surface area contributed by atoms with Crippen molar-refractivity contribution in [2.75, 3.05) is 44.2 Å². The Morgan fingerprint density at radius 1 is 0.727 bits per heavy atom. The maximum Gasteiger partial charge on any atom is 0.0720 e. The van der Waals surface area contributed by atoms with Gasteiger partial charge in [-0.2, -0.15) is 0 Å². The Balaban J connectivity index is 0.00000153. The minimum Gasteiger partial charge on any atom is -0.375 e. The van der Waals surface area contributed by atoms with Crippen LogP contribution in [0.2, 0.25) is 0 Å². The van der Waals surface area contributed by atoms with Gasteiger partial charge in [-0.3, -0.25) is 4.90 Å². The SMILES string of the molecule is Cl.Cl.c1ccc(N2CCN(CCCC3(c4ccccc4)COCc4ccccc43)CC2)cc1. The highest BCUT2D eigenvalue weighted by molar-refractivity contribution is 5.85. The summed E-state index contributed by atoms with van der Waals surface area (Å²) in [6, 6.07) is 30.7. The molecule has 3 aromatic rings. The summed E-state index contributed by atoms with van der Waals surface area (Å²) in [5, 5.41) is 0. The van der Waals surface area contributed by atoms with Crippen LogP contribution in [0.5, 0.6) is 0 Å². The van der Waals surface area contributed by atoms with Gasteiger partial charge in [0.25, 0.3) is 0 Å². The van der Waals surface area contributed by atoms with Gasteiger partial charge in [0, 0.05) is 37.3 Å². The number of piperazine rings is 1. The lowest BCUT2D eigenvalue weighted by atomic mass is 9.69. The Morgan fingerprint density at radius 3 is 2.09 bits per heavy atom. The van der Waals surface area contributed by atoms with Crippen LogP contribution in [0.4, 0.5) is 5.69 Å². The largest absolute Gasteiger partial charge is 0.375 e. The summed E-state index contributed by atoms with van der Waals surface area (Å²) in [7, 11) is 0. The highest BCUT2D eigenvalue weighted by Gasteiger charge is 2.38. The first kappa shape index (κ1) is 25.6. The lowest BCUT2D eigenvalue weighted by Gasteiger charge is -2.41. The smallest absolute Gasteiger partial charge is 0.0720 e. The molecular formula is C28H34Cl2N2O. The number of para-hydroxylation sites is 1. The molecule has 5 heteroatoms. The third-order valence-corrected chi connectivity index (χ3v) is 7.04. The minimum absolute atomic E-state index is 0. The monoisotopic (exact) mass is 484 g/mol. The normalized spacial score (nSPS) is 20.3. The molecular weight excluding hydrogens is 451 g/mol. The molecule has 0 spiro atoms. The van der Waals surface area contributed by atoms with Crippen LogP contribution in [0, 0.1) is 0 Å². The van der Waals surface area contributed by atoms with Crippen molar-refractivity contribution in [1.29, 1.82) is 0 Å². The lowest BCUT2D eigenvalue weighted by molar-refractivity contribution is 0.0599. The molecule has 1 atom stereocenters. The molecule has 0 aromatic heterocycles. The van der Waals surface area contributed by atoms with Gasteiger partial charge in [-0.05, 0) is 48.2 Å². The van der Waals surface area contributed by atoms with Crippen molar-refractivity contribution in [2.45, 2.75) is 24.9 Å². The Bertz CT molecular complexity index is 977. The fourth-order valence-corrected chi connectivity index (χ4v) is 5.35. The van der Waals surface area contributed by atoms with E-state index in [1.54, 1.807) is 0 Å². The molecule has 0 amide bonds. The van der Waals surface area contributed by atoms with E-state index in [9.17, 15) is 0 Å². The topological polar surface area (TPSA) is 15.7 Å². The van der Waals surface area contributed by atoms with E-state index < -0.39 is 0 Å². The van der Waals surface area contributed by atoms with E-state index >= 15 is 0 Å².